The van der Waals surface area contributed by atoms with Crippen molar-refractivity contribution >= 4 is 33.4 Å². The second kappa shape index (κ2) is 7.47. The van der Waals surface area contributed by atoms with Crippen LogP contribution in [0.3, 0.4) is 0 Å². The number of halogens is 2. The fraction of sp³-hybridized carbons (Fsp3) is 0.533. The molecular formula is C15H20BrClN2O2. The Morgan fingerprint density at radius 1 is 1.57 bits per heavy atom. The number of carbonyl (C=O) groups is 1. The molecule has 1 amide bonds. The number of likely N-dealkylation sites (tertiary alicyclic amines) is 1. The molecule has 0 radical (unpaired) electrons. The molecule has 1 aromatic carbocycles. The Labute approximate surface area is 138 Å². The van der Waals surface area contributed by atoms with E-state index in [2.05, 4.69) is 15.9 Å². The Morgan fingerprint density at radius 3 is 3.00 bits per heavy atom. The maximum atomic E-state index is 12.2. The predicted molar refractivity (Wildman–Crippen MR) is 87.6 cm³/mol. The van der Waals surface area contributed by atoms with Gasteiger partial charge < -0.3 is 15.4 Å². The Balaban J connectivity index is 1.81. The van der Waals surface area contributed by atoms with Crippen molar-refractivity contribution in [3.8, 4) is 5.75 Å². The zero-order valence-corrected chi connectivity index (χ0v) is 14.4. The second-order valence-corrected chi connectivity index (χ2v) is 6.68. The minimum atomic E-state index is 0.125. The molecular weight excluding hydrogens is 356 g/mol. The van der Waals surface area contributed by atoms with Gasteiger partial charge in [0.25, 0.3) is 0 Å². The smallest absolute Gasteiger partial charge is 0.226 e. The van der Waals surface area contributed by atoms with E-state index in [0.29, 0.717) is 23.8 Å². The maximum Gasteiger partial charge on any atom is 0.226 e. The van der Waals surface area contributed by atoms with Crippen molar-refractivity contribution in [2.75, 3.05) is 13.2 Å². The summed E-state index contributed by atoms with van der Waals surface area (Å²) in [6.45, 7) is 3.15. The second-order valence-electron chi connectivity index (χ2n) is 5.39. The van der Waals surface area contributed by atoms with Gasteiger partial charge >= 0.3 is 0 Å². The summed E-state index contributed by atoms with van der Waals surface area (Å²) in [6, 6.07) is 5.75. The monoisotopic (exact) mass is 374 g/mol. The molecule has 0 aliphatic carbocycles. The number of rotatable bonds is 4. The summed E-state index contributed by atoms with van der Waals surface area (Å²) >= 11 is 9.26. The van der Waals surface area contributed by atoms with E-state index in [-0.39, 0.29) is 18.0 Å². The average Bonchev–Trinajstić information content (AvgIpc) is 2.41. The minimum absolute atomic E-state index is 0.125. The molecule has 4 nitrogen and oxygen atoms in total. The number of piperidine rings is 1. The highest BCUT2D eigenvalue weighted by atomic mass is 79.9. The summed E-state index contributed by atoms with van der Waals surface area (Å²) in [4.78, 5) is 14.1. The van der Waals surface area contributed by atoms with Gasteiger partial charge in [0, 0.05) is 23.7 Å². The van der Waals surface area contributed by atoms with Crippen LogP contribution < -0.4 is 10.5 Å². The molecule has 116 valence electrons. The standard InChI is InChI=1S/C15H20BrClN2O2/c1-10-8-12(18)4-6-19(10)15(20)5-7-21-14-3-2-11(17)9-13(14)16/h2-3,9-10,12H,4-8,18H2,1H3. The first kappa shape index (κ1) is 16.6. The van der Waals surface area contributed by atoms with Gasteiger partial charge in [-0.25, -0.2) is 0 Å². The lowest BCUT2D eigenvalue weighted by molar-refractivity contribution is -0.135. The number of nitrogens with two attached hydrogens (primary N) is 1. The van der Waals surface area contributed by atoms with Gasteiger partial charge in [-0.05, 0) is 53.9 Å². The van der Waals surface area contributed by atoms with E-state index in [1.165, 1.54) is 0 Å². The first-order chi connectivity index (χ1) is 9.97. The lowest BCUT2D eigenvalue weighted by Gasteiger charge is -2.36. The highest BCUT2D eigenvalue weighted by Crippen LogP contribution is 2.28. The van der Waals surface area contributed by atoms with Crippen LogP contribution in [0.15, 0.2) is 22.7 Å². The molecule has 1 aliphatic heterocycles. The normalized spacial score (nSPS) is 22.2. The maximum absolute atomic E-state index is 12.2. The van der Waals surface area contributed by atoms with Crippen molar-refractivity contribution in [1.82, 2.24) is 4.90 Å². The zero-order valence-electron chi connectivity index (χ0n) is 12.0. The summed E-state index contributed by atoms with van der Waals surface area (Å²) in [5.41, 5.74) is 5.91. The van der Waals surface area contributed by atoms with Gasteiger partial charge in [0.15, 0.2) is 0 Å². The van der Waals surface area contributed by atoms with Crippen LogP contribution in [0.2, 0.25) is 5.02 Å². The SMILES string of the molecule is CC1CC(N)CCN1C(=O)CCOc1ccc(Cl)cc1Br. The van der Waals surface area contributed by atoms with Crippen LogP contribution in [0, 0.1) is 0 Å². The van der Waals surface area contributed by atoms with Gasteiger partial charge in [-0.3, -0.25) is 4.79 Å². The van der Waals surface area contributed by atoms with E-state index in [1.807, 2.05) is 11.8 Å². The van der Waals surface area contributed by atoms with E-state index in [4.69, 9.17) is 22.1 Å². The molecule has 1 aromatic rings. The van der Waals surface area contributed by atoms with Crippen LogP contribution in [-0.2, 0) is 4.79 Å². The molecule has 1 saturated heterocycles. The van der Waals surface area contributed by atoms with Crippen molar-refractivity contribution in [3.63, 3.8) is 0 Å². The Kier molecular flexibility index (Phi) is 5.90. The fourth-order valence-electron chi connectivity index (χ4n) is 2.56. The summed E-state index contributed by atoms with van der Waals surface area (Å²) in [7, 11) is 0. The quantitative estimate of drug-likeness (QED) is 0.879. The molecule has 0 spiro atoms. The molecule has 0 saturated carbocycles. The van der Waals surface area contributed by atoms with Crippen LogP contribution in [0.25, 0.3) is 0 Å². The zero-order chi connectivity index (χ0) is 15.4. The topological polar surface area (TPSA) is 55.6 Å². The first-order valence-electron chi connectivity index (χ1n) is 7.10. The van der Waals surface area contributed by atoms with Crippen LogP contribution in [-0.4, -0.2) is 36.0 Å². The molecule has 2 N–H and O–H groups in total. The number of benzene rings is 1. The third kappa shape index (κ3) is 4.59. The van der Waals surface area contributed by atoms with E-state index >= 15 is 0 Å². The summed E-state index contributed by atoms with van der Waals surface area (Å²) in [6.07, 6.45) is 2.11. The van der Waals surface area contributed by atoms with Crippen molar-refractivity contribution in [2.45, 2.75) is 38.3 Å². The highest BCUT2D eigenvalue weighted by Gasteiger charge is 2.26. The summed E-state index contributed by atoms with van der Waals surface area (Å²) < 4.78 is 6.42. The van der Waals surface area contributed by atoms with Crippen LogP contribution in [0.1, 0.15) is 26.2 Å². The lowest BCUT2D eigenvalue weighted by Crippen LogP contribution is -2.48. The number of amides is 1. The Hall–Kier alpha value is -0.780. The Morgan fingerprint density at radius 2 is 2.33 bits per heavy atom. The third-order valence-electron chi connectivity index (χ3n) is 3.70. The number of ether oxygens (including phenoxy) is 1. The minimum Gasteiger partial charge on any atom is -0.492 e. The lowest BCUT2D eigenvalue weighted by atomic mass is 9.99. The van der Waals surface area contributed by atoms with E-state index < -0.39 is 0 Å². The molecule has 2 atom stereocenters. The van der Waals surface area contributed by atoms with Gasteiger partial charge in [0.05, 0.1) is 17.5 Å². The van der Waals surface area contributed by atoms with Gasteiger partial charge in [-0.1, -0.05) is 11.6 Å². The van der Waals surface area contributed by atoms with Crippen molar-refractivity contribution in [2.24, 2.45) is 5.73 Å². The predicted octanol–water partition coefficient (Wildman–Crippen LogP) is 3.21. The number of nitrogens with zero attached hydrogens (tertiary/aromatic N) is 1. The molecule has 21 heavy (non-hydrogen) atoms. The number of hydrogen-bond acceptors (Lipinski definition) is 3. The van der Waals surface area contributed by atoms with Gasteiger partial charge in [0.2, 0.25) is 5.91 Å². The van der Waals surface area contributed by atoms with Crippen LogP contribution in [0.5, 0.6) is 5.75 Å². The van der Waals surface area contributed by atoms with Crippen molar-refractivity contribution in [1.29, 1.82) is 0 Å². The third-order valence-corrected chi connectivity index (χ3v) is 4.56. The number of hydrogen-bond donors (Lipinski definition) is 1. The van der Waals surface area contributed by atoms with Gasteiger partial charge in [0.1, 0.15) is 5.75 Å². The largest absolute Gasteiger partial charge is 0.492 e. The van der Waals surface area contributed by atoms with Crippen molar-refractivity contribution in [3.05, 3.63) is 27.7 Å². The van der Waals surface area contributed by atoms with E-state index in [0.717, 1.165) is 23.9 Å². The molecule has 0 aromatic heterocycles. The molecule has 1 heterocycles. The van der Waals surface area contributed by atoms with Gasteiger partial charge in [-0.15, -0.1) is 0 Å². The van der Waals surface area contributed by atoms with Gasteiger partial charge in [-0.2, -0.15) is 0 Å². The number of carbonyl (C=O) groups excluding carboxylic acids is 1. The molecule has 6 heteroatoms. The summed E-state index contributed by atoms with van der Waals surface area (Å²) in [5, 5.41) is 0.642. The Bertz CT molecular complexity index is 512. The molecule has 2 rings (SSSR count). The average molecular weight is 376 g/mol. The fourth-order valence-corrected chi connectivity index (χ4v) is 3.36. The molecule has 1 fully saturated rings. The molecule has 1 aliphatic rings. The van der Waals surface area contributed by atoms with Crippen molar-refractivity contribution < 1.29 is 9.53 Å². The summed E-state index contributed by atoms with van der Waals surface area (Å²) in [5.74, 6) is 0.820. The van der Waals surface area contributed by atoms with Crippen LogP contribution in [0.4, 0.5) is 0 Å². The molecule has 2 unspecified atom stereocenters. The van der Waals surface area contributed by atoms with E-state index in [9.17, 15) is 4.79 Å². The highest BCUT2D eigenvalue weighted by molar-refractivity contribution is 9.10. The van der Waals surface area contributed by atoms with E-state index in [1.54, 1.807) is 18.2 Å². The molecule has 0 bridgehead atoms. The van der Waals surface area contributed by atoms with Crippen LogP contribution >= 0.6 is 27.5 Å². The first-order valence-corrected chi connectivity index (χ1v) is 8.27.